The molecule has 1 amide bonds. The Morgan fingerprint density at radius 3 is 2.50 bits per heavy atom. The van der Waals surface area contributed by atoms with Crippen molar-refractivity contribution in [1.82, 2.24) is 10.3 Å². The summed E-state index contributed by atoms with van der Waals surface area (Å²) in [5.41, 5.74) is 1.56. The van der Waals surface area contributed by atoms with Crippen LogP contribution in [0.2, 0.25) is 0 Å². The van der Waals surface area contributed by atoms with Crippen molar-refractivity contribution in [3.8, 4) is 16.3 Å². The Morgan fingerprint density at radius 2 is 1.96 bits per heavy atom. The summed E-state index contributed by atoms with van der Waals surface area (Å²) < 4.78 is 5.12. The predicted octanol–water partition coefficient (Wildman–Crippen LogP) is 2.59. The minimum atomic E-state index is -1.03. The van der Waals surface area contributed by atoms with Crippen molar-refractivity contribution in [2.24, 2.45) is 5.92 Å². The fourth-order valence-electron chi connectivity index (χ4n) is 2.16. The van der Waals surface area contributed by atoms with Gasteiger partial charge in [-0.25, -0.2) is 9.78 Å². The predicted molar refractivity (Wildman–Crippen MR) is 92.2 cm³/mol. The van der Waals surface area contributed by atoms with E-state index in [1.54, 1.807) is 21.0 Å². The summed E-state index contributed by atoms with van der Waals surface area (Å²) in [5.74, 6) is -0.793. The van der Waals surface area contributed by atoms with Crippen molar-refractivity contribution in [3.63, 3.8) is 0 Å². The van der Waals surface area contributed by atoms with Gasteiger partial charge in [0.25, 0.3) is 0 Å². The summed E-state index contributed by atoms with van der Waals surface area (Å²) in [5, 5.41) is 14.3. The van der Waals surface area contributed by atoms with Crippen molar-refractivity contribution < 1.29 is 19.4 Å². The number of hydrogen-bond acceptors (Lipinski definition) is 5. The van der Waals surface area contributed by atoms with E-state index in [4.69, 9.17) is 9.84 Å². The fraction of sp³-hybridized carbons (Fsp3) is 0.353. The number of carbonyl (C=O) groups is 2. The van der Waals surface area contributed by atoms with E-state index in [9.17, 15) is 9.59 Å². The van der Waals surface area contributed by atoms with Gasteiger partial charge in [0, 0.05) is 10.9 Å². The highest BCUT2D eigenvalue weighted by Gasteiger charge is 2.23. The molecule has 2 N–H and O–H groups in total. The number of nitrogens with zero attached hydrogens (tertiary/aromatic N) is 1. The molecule has 7 heteroatoms. The summed E-state index contributed by atoms with van der Waals surface area (Å²) in [6, 6.07) is 6.62. The summed E-state index contributed by atoms with van der Waals surface area (Å²) in [6.45, 7) is 3.51. The van der Waals surface area contributed by atoms with Crippen LogP contribution in [0.15, 0.2) is 29.6 Å². The minimum absolute atomic E-state index is 0.0587. The van der Waals surface area contributed by atoms with E-state index in [2.05, 4.69) is 10.3 Å². The Bertz CT molecular complexity index is 710. The molecule has 6 nitrogen and oxygen atoms in total. The number of nitrogens with one attached hydrogen (secondary N) is 1. The third-order valence-corrected chi connectivity index (χ3v) is 4.42. The average molecular weight is 348 g/mol. The molecule has 128 valence electrons. The van der Waals surface area contributed by atoms with Crippen LogP contribution in [0, 0.1) is 5.92 Å². The zero-order valence-corrected chi connectivity index (χ0v) is 14.6. The van der Waals surface area contributed by atoms with Gasteiger partial charge in [0.05, 0.1) is 19.2 Å². The van der Waals surface area contributed by atoms with Crippen LogP contribution in [0.3, 0.4) is 0 Å². The lowest BCUT2D eigenvalue weighted by Gasteiger charge is -2.17. The molecule has 2 rings (SSSR count). The SMILES string of the molecule is COc1ccc(-c2nc(CC(=O)N[C@H](C(=O)O)C(C)C)cs2)cc1. The molecule has 0 saturated heterocycles. The van der Waals surface area contributed by atoms with E-state index in [0.717, 1.165) is 16.3 Å². The van der Waals surface area contributed by atoms with E-state index in [1.165, 1.54) is 11.3 Å². The third-order valence-electron chi connectivity index (χ3n) is 3.48. The van der Waals surface area contributed by atoms with Crippen molar-refractivity contribution in [3.05, 3.63) is 35.3 Å². The monoisotopic (exact) mass is 348 g/mol. The average Bonchev–Trinajstić information content (AvgIpc) is 3.00. The second-order valence-electron chi connectivity index (χ2n) is 5.68. The highest BCUT2D eigenvalue weighted by Crippen LogP contribution is 2.25. The van der Waals surface area contributed by atoms with E-state index in [1.807, 2.05) is 29.6 Å². The maximum atomic E-state index is 12.0. The molecule has 0 aliphatic rings. The summed E-state index contributed by atoms with van der Waals surface area (Å²) in [4.78, 5) is 27.6. The second-order valence-corrected chi connectivity index (χ2v) is 6.53. The number of ether oxygens (including phenoxy) is 1. The molecule has 0 spiro atoms. The van der Waals surface area contributed by atoms with Crippen molar-refractivity contribution in [2.75, 3.05) is 7.11 Å². The number of rotatable bonds is 7. The largest absolute Gasteiger partial charge is 0.497 e. The lowest BCUT2D eigenvalue weighted by molar-refractivity contribution is -0.143. The summed E-state index contributed by atoms with van der Waals surface area (Å²) in [7, 11) is 1.61. The first-order valence-electron chi connectivity index (χ1n) is 7.51. The van der Waals surface area contributed by atoms with E-state index in [0.29, 0.717) is 5.69 Å². The number of carboxylic acid groups (broad SMARTS) is 1. The number of thiazole rings is 1. The molecule has 1 heterocycles. The van der Waals surface area contributed by atoms with Crippen LogP contribution in [0.5, 0.6) is 5.75 Å². The Hall–Kier alpha value is -2.41. The molecule has 0 radical (unpaired) electrons. The molecule has 0 fully saturated rings. The first kappa shape index (κ1) is 17.9. The number of aliphatic carboxylic acids is 1. The Balaban J connectivity index is 2.02. The quantitative estimate of drug-likeness (QED) is 0.803. The van der Waals surface area contributed by atoms with Crippen LogP contribution >= 0.6 is 11.3 Å². The number of carboxylic acids is 1. The highest BCUT2D eigenvalue weighted by molar-refractivity contribution is 7.13. The van der Waals surface area contributed by atoms with Crippen LogP contribution in [0.1, 0.15) is 19.5 Å². The van der Waals surface area contributed by atoms with Gasteiger partial charge in [-0.3, -0.25) is 4.79 Å². The van der Waals surface area contributed by atoms with Crippen molar-refractivity contribution in [2.45, 2.75) is 26.3 Å². The lowest BCUT2D eigenvalue weighted by Crippen LogP contribution is -2.44. The third kappa shape index (κ3) is 4.55. The van der Waals surface area contributed by atoms with Crippen LogP contribution in [0.25, 0.3) is 10.6 Å². The maximum absolute atomic E-state index is 12.0. The molecule has 0 unspecified atom stereocenters. The fourth-order valence-corrected chi connectivity index (χ4v) is 2.98. The normalized spacial score (nSPS) is 12.0. The molecular formula is C17H20N2O4S. The van der Waals surface area contributed by atoms with Gasteiger partial charge in [0.1, 0.15) is 16.8 Å². The van der Waals surface area contributed by atoms with Crippen LogP contribution in [-0.2, 0) is 16.0 Å². The van der Waals surface area contributed by atoms with Gasteiger partial charge in [-0.1, -0.05) is 13.8 Å². The molecule has 1 aromatic carbocycles. The van der Waals surface area contributed by atoms with Gasteiger partial charge in [0.15, 0.2) is 0 Å². The van der Waals surface area contributed by atoms with Gasteiger partial charge in [-0.15, -0.1) is 11.3 Å². The first-order chi connectivity index (χ1) is 11.4. The number of amides is 1. The molecule has 1 atom stereocenters. The summed E-state index contributed by atoms with van der Waals surface area (Å²) in [6.07, 6.45) is 0.0587. The van der Waals surface area contributed by atoms with Crippen LogP contribution < -0.4 is 10.1 Å². The van der Waals surface area contributed by atoms with Gasteiger partial charge in [-0.05, 0) is 30.2 Å². The molecule has 0 bridgehead atoms. The van der Waals surface area contributed by atoms with Gasteiger partial charge in [0.2, 0.25) is 5.91 Å². The Kier molecular flexibility index (Phi) is 5.92. The molecule has 0 saturated carbocycles. The zero-order chi connectivity index (χ0) is 17.7. The van der Waals surface area contributed by atoms with Crippen molar-refractivity contribution >= 4 is 23.2 Å². The van der Waals surface area contributed by atoms with Crippen LogP contribution in [-0.4, -0.2) is 35.1 Å². The molecule has 24 heavy (non-hydrogen) atoms. The standard InChI is InChI=1S/C17H20N2O4S/c1-10(2)15(17(21)22)19-14(20)8-12-9-24-16(18-12)11-4-6-13(23-3)7-5-11/h4-7,9-10,15H,8H2,1-3H3,(H,19,20)(H,21,22)/t15-/m0/s1. The van der Waals surface area contributed by atoms with Crippen molar-refractivity contribution in [1.29, 1.82) is 0 Å². The Morgan fingerprint density at radius 1 is 1.29 bits per heavy atom. The minimum Gasteiger partial charge on any atom is -0.497 e. The molecule has 0 aliphatic heterocycles. The van der Waals surface area contributed by atoms with Crippen LogP contribution in [0.4, 0.5) is 0 Å². The summed E-state index contributed by atoms with van der Waals surface area (Å²) >= 11 is 1.44. The zero-order valence-electron chi connectivity index (χ0n) is 13.8. The molecule has 1 aromatic heterocycles. The number of hydrogen-bond donors (Lipinski definition) is 2. The highest BCUT2D eigenvalue weighted by atomic mass is 32.1. The van der Waals surface area contributed by atoms with Gasteiger partial charge < -0.3 is 15.2 Å². The lowest BCUT2D eigenvalue weighted by atomic mass is 10.0. The number of carbonyl (C=O) groups excluding carboxylic acids is 1. The number of methoxy groups -OCH3 is 1. The number of benzene rings is 1. The molecule has 2 aromatic rings. The first-order valence-corrected chi connectivity index (χ1v) is 8.39. The van der Waals surface area contributed by atoms with E-state index in [-0.39, 0.29) is 18.2 Å². The van der Waals surface area contributed by atoms with E-state index >= 15 is 0 Å². The number of aromatic nitrogens is 1. The van der Waals surface area contributed by atoms with Gasteiger partial charge >= 0.3 is 5.97 Å². The molecular weight excluding hydrogens is 328 g/mol. The van der Waals surface area contributed by atoms with E-state index < -0.39 is 12.0 Å². The maximum Gasteiger partial charge on any atom is 0.326 e. The smallest absolute Gasteiger partial charge is 0.326 e. The topological polar surface area (TPSA) is 88.5 Å². The molecule has 0 aliphatic carbocycles. The van der Waals surface area contributed by atoms with Gasteiger partial charge in [-0.2, -0.15) is 0 Å². The second kappa shape index (κ2) is 7.92. The Labute approximate surface area is 144 Å².